The number of hydrogen-bond acceptors (Lipinski definition) is 3. The number of allylic oxidation sites excluding steroid dienone is 1. The van der Waals surface area contributed by atoms with Gasteiger partial charge in [0.2, 0.25) is 5.91 Å². The van der Waals surface area contributed by atoms with Gasteiger partial charge in [0.15, 0.2) is 0 Å². The maximum atomic E-state index is 12.0. The smallest absolute Gasteiger partial charge is 0.325 e. The summed E-state index contributed by atoms with van der Waals surface area (Å²) in [5.41, 5.74) is 2.13. The number of rotatable bonds is 6. The van der Waals surface area contributed by atoms with Crippen LogP contribution in [-0.2, 0) is 9.59 Å². The highest BCUT2D eigenvalue weighted by molar-refractivity contribution is 5.97. The summed E-state index contributed by atoms with van der Waals surface area (Å²) in [6.45, 7) is 1.40. The van der Waals surface area contributed by atoms with E-state index in [1.807, 2.05) is 0 Å². The third kappa shape index (κ3) is 5.22. The average Bonchev–Trinajstić information content (AvgIpc) is 2.56. The number of carbonyl (C=O) groups is 3. The monoisotopic (exact) mass is 330 g/mol. The number of carboxylic acid groups (broad SMARTS) is 1. The predicted molar refractivity (Wildman–Crippen MR) is 90.8 cm³/mol. The Morgan fingerprint density at radius 1 is 1.17 bits per heavy atom. The molecule has 0 fully saturated rings. The van der Waals surface area contributed by atoms with Gasteiger partial charge in [0.25, 0.3) is 5.91 Å². The van der Waals surface area contributed by atoms with Gasteiger partial charge in [-0.15, -0.1) is 0 Å². The standard InChI is InChI=1S/C18H22N2O4/c1-12(18(23)24)19-17(22)14-7-9-15(10-8-14)20-16(21)11-13-5-3-2-4-6-13/h5,7-10,12H,2-4,6,11H2,1H3,(H,19,22)(H,20,21)(H,23,24)/t12-/m1/s1. The van der Waals surface area contributed by atoms with Gasteiger partial charge in [-0.3, -0.25) is 14.4 Å². The fourth-order valence-corrected chi connectivity index (χ4v) is 2.52. The molecule has 6 nitrogen and oxygen atoms in total. The minimum absolute atomic E-state index is 0.0696. The second-order valence-electron chi connectivity index (χ2n) is 5.94. The Bertz CT molecular complexity index is 649. The van der Waals surface area contributed by atoms with E-state index in [0.29, 0.717) is 17.7 Å². The van der Waals surface area contributed by atoms with Crippen molar-refractivity contribution in [2.24, 2.45) is 0 Å². The molecule has 2 amide bonds. The molecular formula is C18H22N2O4. The van der Waals surface area contributed by atoms with E-state index in [2.05, 4.69) is 16.7 Å². The Morgan fingerprint density at radius 3 is 2.46 bits per heavy atom. The molecule has 0 saturated heterocycles. The van der Waals surface area contributed by atoms with Crippen LogP contribution in [0.3, 0.4) is 0 Å². The Hall–Kier alpha value is -2.63. The van der Waals surface area contributed by atoms with Crippen LogP contribution < -0.4 is 10.6 Å². The Balaban J connectivity index is 1.89. The second kappa shape index (κ2) is 8.29. The molecule has 2 rings (SSSR count). The number of hydrogen-bond donors (Lipinski definition) is 3. The van der Waals surface area contributed by atoms with E-state index in [-0.39, 0.29) is 5.91 Å². The highest BCUT2D eigenvalue weighted by Crippen LogP contribution is 2.20. The van der Waals surface area contributed by atoms with Crippen molar-refractivity contribution < 1.29 is 19.5 Å². The predicted octanol–water partition coefficient (Wildman–Crippen LogP) is 2.72. The van der Waals surface area contributed by atoms with Crippen molar-refractivity contribution >= 4 is 23.5 Å². The molecule has 0 saturated carbocycles. The molecule has 0 aliphatic heterocycles. The lowest BCUT2D eigenvalue weighted by Gasteiger charge is -2.13. The minimum Gasteiger partial charge on any atom is -0.480 e. The summed E-state index contributed by atoms with van der Waals surface area (Å²) in [6, 6.07) is 5.42. The van der Waals surface area contributed by atoms with E-state index in [4.69, 9.17) is 5.11 Å². The molecule has 24 heavy (non-hydrogen) atoms. The zero-order valence-corrected chi connectivity index (χ0v) is 13.7. The van der Waals surface area contributed by atoms with E-state index >= 15 is 0 Å². The molecule has 0 unspecified atom stereocenters. The van der Waals surface area contributed by atoms with E-state index in [9.17, 15) is 14.4 Å². The molecule has 1 aliphatic rings. The molecule has 1 aromatic rings. The van der Waals surface area contributed by atoms with Crippen molar-refractivity contribution in [2.75, 3.05) is 5.32 Å². The average molecular weight is 330 g/mol. The first-order valence-electron chi connectivity index (χ1n) is 8.07. The first kappa shape index (κ1) is 17.7. The first-order chi connectivity index (χ1) is 11.5. The quantitative estimate of drug-likeness (QED) is 0.699. The maximum absolute atomic E-state index is 12.0. The lowest BCUT2D eigenvalue weighted by Crippen LogP contribution is -2.38. The van der Waals surface area contributed by atoms with Gasteiger partial charge < -0.3 is 15.7 Å². The van der Waals surface area contributed by atoms with Crippen LogP contribution >= 0.6 is 0 Å². The molecule has 6 heteroatoms. The normalized spacial score (nSPS) is 15.1. The third-order valence-corrected chi connectivity index (χ3v) is 3.92. The highest BCUT2D eigenvalue weighted by atomic mass is 16.4. The zero-order valence-electron chi connectivity index (χ0n) is 13.7. The van der Waals surface area contributed by atoms with Gasteiger partial charge in [-0.1, -0.05) is 11.6 Å². The van der Waals surface area contributed by atoms with Crippen LogP contribution in [0.5, 0.6) is 0 Å². The summed E-state index contributed by atoms with van der Waals surface area (Å²) in [7, 11) is 0. The molecule has 128 valence electrons. The second-order valence-corrected chi connectivity index (χ2v) is 5.94. The number of aliphatic carboxylic acids is 1. The summed E-state index contributed by atoms with van der Waals surface area (Å²) in [4.78, 5) is 34.6. The summed E-state index contributed by atoms with van der Waals surface area (Å²) >= 11 is 0. The molecule has 1 atom stereocenters. The van der Waals surface area contributed by atoms with Crippen molar-refractivity contribution in [3.8, 4) is 0 Å². The van der Waals surface area contributed by atoms with Crippen LogP contribution in [0.1, 0.15) is 49.4 Å². The van der Waals surface area contributed by atoms with E-state index < -0.39 is 17.9 Å². The number of carboxylic acids is 1. The molecule has 0 radical (unpaired) electrons. The van der Waals surface area contributed by atoms with Crippen LogP contribution in [0.25, 0.3) is 0 Å². The fraction of sp³-hybridized carbons (Fsp3) is 0.389. The van der Waals surface area contributed by atoms with E-state index in [0.717, 1.165) is 19.3 Å². The lowest BCUT2D eigenvalue weighted by atomic mass is 9.97. The fourth-order valence-electron chi connectivity index (χ4n) is 2.52. The first-order valence-corrected chi connectivity index (χ1v) is 8.07. The number of benzene rings is 1. The van der Waals surface area contributed by atoms with Gasteiger partial charge in [0.1, 0.15) is 6.04 Å². The van der Waals surface area contributed by atoms with Crippen LogP contribution in [0.2, 0.25) is 0 Å². The molecule has 1 aliphatic carbocycles. The van der Waals surface area contributed by atoms with Gasteiger partial charge in [0.05, 0.1) is 0 Å². The van der Waals surface area contributed by atoms with Crippen molar-refractivity contribution in [1.29, 1.82) is 0 Å². The lowest BCUT2D eigenvalue weighted by molar-refractivity contribution is -0.138. The topological polar surface area (TPSA) is 95.5 Å². The van der Waals surface area contributed by atoms with Crippen LogP contribution in [0, 0.1) is 0 Å². The van der Waals surface area contributed by atoms with E-state index in [1.54, 1.807) is 24.3 Å². The van der Waals surface area contributed by atoms with Gasteiger partial charge in [-0.25, -0.2) is 0 Å². The van der Waals surface area contributed by atoms with Gasteiger partial charge in [-0.05, 0) is 56.9 Å². The molecule has 0 bridgehead atoms. The minimum atomic E-state index is -1.09. The summed E-state index contributed by atoms with van der Waals surface area (Å²) in [5, 5.41) is 14.0. The van der Waals surface area contributed by atoms with Crippen molar-refractivity contribution in [3.05, 3.63) is 41.5 Å². The molecular weight excluding hydrogens is 308 g/mol. The molecule has 0 spiro atoms. The van der Waals surface area contributed by atoms with Gasteiger partial charge in [-0.2, -0.15) is 0 Å². The van der Waals surface area contributed by atoms with E-state index in [1.165, 1.54) is 18.9 Å². The summed E-state index contributed by atoms with van der Waals surface area (Å²) in [6.07, 6.45) is 6.89. The Kier molecular flexibility index (Phi) is 6.12. The van der Waals surface area contributed by atoms with Crippen LogP contribution in [-0.4, -0.2) is 28.9 Å². The Morgan fingerprint density at radius 2 is 1.88 bits per heavy atom. The van der Waals surface area contributed by atoms with Gasteiger partial charge in [0, 0.05) is 17.7 Å². The van der Waals surface area contributed by atoms with Crippen LogP contribution in [0.15, 0.2) is 35.9 Å². The highest BCUT2D eigenvalue weighted by Gasteiger charge is 2.15. The SMILES string of the molecule is C[C@@H](NC(=O)c1ccc(NC(=O)CC2=CCCCC2)cc1)C(=O)O. The summed E-state index contributed by atoms with van der Waals surface area (Å²) < 4.78 is 0. The van der Waals surface area contributed by atoms with Crippen LogP contribution in [0.4, 0.5) is 5.69 Å². The number of nitrogens with one attached hydrogen (secondary N) is 2. The van der Waals surface area contributed by atoms with Crippen molar-refractivity contribution in [1.82, 2.24) is 5.32 Å². The zero-order chi connectivity index (χ0) is 17.5. The number of carbonyl (C=O) groups excluding carboxylic acids is 2. The van der Waals surface area contributed by atoms with Crippen molar-refractivity contribution in [2.45, 2.75) is 45.1 Å². The summed E-state index contributed by atoms with van der Waals surface area (Å²) in [5.74, 6) is -1.63. The largest absolute Gasteiger partial charge is 0.480 e. The number of amides is 2. The molecule has 0 aromatic heterocycles. The van der Waals surface area contributed by atoms with Crippen molar-refractivity contribution in [3.63, 3.8) is 0 Å². The molecule has 3 N–H and O–H groups in total. The maximum Gasteiger partial charge on any atom is 0.325 e. The third-order valence-electron chi connectivity index (χ3n) is 3.92. The molecule has 1 aromatic carbocycles. The van der Waals surface area contributed by atoms with Gasteiger partial charge >= 0.3 is 5.97 Å². The molecule has 0 heterocycles. The Labute approximate surface area is 140 Å². The number of anilines is 1.